The third-order valence-electron chi connectivity index (χ3n) is 5.00. The predicted octanol–water partition coefficient (Wildman–Crippen LogP) is 5.16. The summed E-state index contributed by atoms with van der Waals surface area (Å²) in [5.41, 5.74) is 1.04. The van der Waals surface area contributed by atoms with Crippen LogP contribution in [0.25, 0.3) is 0 Å². The molecule has 2 unspecified atom stereocenters. The van der Waals surface area contributed by atoms with Gasteiger partial charge in [-0.2, -0.15) is 0 Å². The molecule has 0 bridgehead atoms. The highest BCUT2D eigenvalue weighted by Crippen LogP contribution is 2.15. The fourth-order valence-corrected chi connectivity index (χ4v) is 3.36. The third kappa shape index (κ3) is 9.36. The molecule has 2 aromatic carbocycles. The van der Waals surface area contributed by atoms with E-state index in [2.05, 4.69) is 0 Å². The van der Waals surface area contributed by atoms with Gasteiger partial charge in [-0.3, -0.25) is 4.79 Å². The van der Waals surface area contributed by atoms with Crippen LogP contribution in [0.2, 0.25) is 0 Å². The van der Waals surface area contributed by atoms with Crippen molar-refractivity contribution < 1.29 is 23.8 Å². The van der Waals surface area contributed by atoms with E-state index in [0.29, 0.717) is 25.1 Å². The molecule has 2 atom stereocenters. The van der Waals surface area contributed by atoms with Crippen molar-refractivity contribution in [2.24, 2.45) is 0 Å². The van der Waals surface area contributed by atoms with Gasteiger partial charge in [0.1, 0.15) is 11.7 Å². The standard InChI is InChI=1S/C27H37NO5/c1-6-17-28(26(30)33-27(2,3)4)19-23(31-5)20-32-24(18-21-13-9-7-10-14-21)25(29)22-15-11-8-12-16-22/h7-16,23-24H,6,17-20H2,1-5H3. The Hall–Kier alpha value is -2.70. The van der Waals surface area contributed by atoms with Crippen molar-refractivity contribution >= 4 is 11.9 Å². The molecule has 0 saturated heterocycles. The van der Waals surface area contributed by atoms with E-state index in [-0.39, 0.29) is 18.5 Å². The van der Waals surface area contributed by atoms with E-state index in [9.17, 15) is 9.59 Å². The van der Waals surface area contributed by atoms with Crippen LogP contribution in [0, 0.1) is 0 Å². The van der Waals surface area contributed by atoms with E-state index >= 15 is 0 Å². The number of carbonyl (C=O) groups excluding carboxylic acids is 2. The second-order valence-corrected chi connectivity index (χ2v) is 9.03. The van der Waals surface area contributed by atoms with Gasteiger partial charge < -0.3 is 19.1 Å². The van der Waals surface area contributed by atoms with Gasteiger partial charge in [-0.05, 0) is 32.8 Å². The molecule has 0 aliphatic heterocycles. The number of nitrogens with zero attached hydrogens (tertiary/aromatic N) is 1. The Balaban J connectivity index is 2.10. The van der Waals surface area contributed by atoms with Crippen molar-refractivity contribution in [3.05, 3.63) is 71.8 Å². The van der Waals surface area contributed by atoms with Gasteiger partial charge in [0.05, 0.1) is 19.3 Å². The molecule has 0 spiro atoms. The first-order valence-corrected chi connectivity index (χ1v) is 11.5. The van der Waals surface area contributed by atoms with Gasteiger partial charge in [-0.1, -0.05) is 67.6 Å². The maximum absolute atomic E-state index is 13.2. The Labute approximate surface area is 197 Å². The zero-order valence-electron chi connectivity index (χ0n) is 20.5. The van der Waals surface area contributed by atoms with E-state index in [4.69, 9.17) is 14.2 Å². The largest absolute Gasteiger partial charge is 0.444 e. The van der Waals surface area contributed by atoms with Crippen LogP contribution in [0.3, 0.4) is 0 Å². The average molecular weight is 456 g/mol. The van der Waals surface area contributed by atoms with Crippen molar-refractivity contribution in [3.8, 4) is 0 Å². The Morgan fingerprint density at radius 2 is 1.58 bits per heavy atom. The van der Waals surface area contributed by atoms with Gasteiger partial charge in [0.2, 0.25) is 0 Å². The Kier molecular flexibility index (Phi) is 10.6. The van der Waals surface area contributed by atoms with E-state index < -0.39 is 17.8 Å². The van der Waals surface area contributed by atoms with E-state index in [0.717, 1.165) is 12.0 Å². The molecule has 0 fully saturated rings. The molecule has 0 aliphatic carbocycles. The minimum Gasteiger partial charge on any atom is -0.444 e. The average Bonchev–Trinajstić information content (AvgIpc) is 2.79. The highest BCUT2D eigenvalue weighted by molar-refractivity contribution is 5.99. The van der Waals surface area contributed by atoms with Crippen molar-refractivity contribution in [1.82, 2.24) is 4.90 Å². The molecule has 0 saturated carbocycles. The van der Waals surface area contributed by atoms with Gasteiger partial charge in [0.15, 0.2) is 5.78 Å². The highest BCUT2D eigenvalue weighted by atomic mass is 16.6. The lowest BCUT2D eigenvalue weighted by Gasteiger charge is -2.30. The first kappa shape index (κ1) is 26.6. The second kappa shape index (κ2) is 13.1. The monoisotopic (exact) mass is 455 g/mol. The van der Waals surface area contributed by atoms with Crippen LogP contribution < -0.4 is 0 Å². The fourth-order valence-electron chi connectivity index (χ4n) is 3.36. The molecule has 1 amide bonds. The van der Waals surface area contributed by atoms with Crippen molar-refractivity contribution in [2.45, 2.75) is 58.3 Å². The normalized spacial score (nSPS) is 13.2. The molecule has 180 valence electrons. The summed E-state index contributed by atoms with van der Waals surface area (Å²) in [7, 11) is 1.58. The lowest BCUT2D eigenvalue weighted by molar-refractivity contribution is -0.0366. The Bertz CT molecular complexity index is 848. The summed E-state index contributed by atoms with van der Waals surface area (Å²) < 4.78 is 17.3. The number of amides is 1. The molecular formula is C27H37NO5. The summed E-state index contributed by atoms with van der Waals surface area (Å²) in [6.07, 6.45) is -0.192. The van der Waals surface area contributed by atoms with Crippen LogP contribution in [0.5, 0.6) is 0 Å². The Morgan fingerprint density at radius 3 is 2.12 bits per heavy atom. The van der Waals surface area contributed by atoms with Crippen molar-refractivity contribution in [3.63, 3.8) is 0 Å². The van der Waals surface area contributed by atoms with Crippen LogP contribution in [-0.2, 0) is 20.6 Å². The molecule has 2 rings (SSSR count). The number of ether oxygens (including phenoxy) is 3. The molecule has 6 heteroatoms. The van der Waals surface area contributed by atoms with Gasteiger partial charge in [0.25, 0.3) is 0 Å². The van der Waals surface area contributed by atoms with Crippen molar-refractivity contribution in [2.75, 3.05) is 26.8 Å². The lowest BCUT2D eigenvalue weighted by atomic mass is 10.00. The first-order chi connectivity index (χ1) is 15.7. The van der Waals surface area contributed by atoms with Crippen LogP contribution in [0.4, 0.5) is 4.79 Å². The van der Waals surface area contributed by atoms with Gasteiger partial charge >= 0.3 is 6.09 Å². The summed E-state index contributed by atoms with van der Waals surface area (Å²) in [5.74, 6) is -0.0770. The summed E-state index contributed by atoms with van der Waals surface area (Å²) in [6.45, 7) is 8.57. The summed E-state index contributed by atoms with van der Waals surface area (Å²) in [5, 5.41) is 0. The lowest BCUT2D eigenvalue weighted by Crippen LogP contribution is -2.44. The fraction of sp³-hybridized carbons (Fsp3) is 0.481. The van der Waals surface area contributed by atoms with Gasteiger partial charge in [-0.15, -0.1) is 0 Å². The van der Waals surface area contributed by atoms with Crippen LogP contribution in [0.15, 0.2) is 60.7 Å². The van der Waals surface area contributed by atoms with Gasteiger partial charge in [-0.25, -0.2) is 4.79 Å². The van der Waals surface area contributed by atoms with Crippen LogP contribution in [-0.4, -0.2) is 61.4 Å². The summed E-state index contributed by atoms with van der Waals surface area (Å²) >= 11 is 0. The zero-order valence-corrected chi connectivity index (χ0v) is 20.5. The molecule has 0 radical (unpaired) electrons. The summed E-state index contributed by atoms with van der Waals surface area (Å²) in [4.78, 5) is 27.4. The van der Waals surface area contributed by atoms with Crippen LogP contribution >= 0.6 is 0 Å². The molecule has 0 aliphatic rings. The third-order valence-corrected chi connectivity index (χ3v) is 5.00. The predicted molar refractivity (Wildman–Crippen MR) is 130 cm³/mol. The molecule has 0 N–H and O–H groups in total. The van der Waals surface area contributed by atoms with Crippen LogP contribution in [0.1, 0.15) is 50.0 Å². The number of rotatable bonds is 12. The SMILES string of the molecule is CCCN(CC(COC(Cc1ccccc1)C(=O)c1ccccc1)OC)C(=O)OC(C)(C)C. The van der Waals surface area contributed by atoms with E-state index in [1.165, 1.54) is 0 Å². The molecule has 2 aromatic rings. The molecule has 0 heterocycles. The number of ketones is 1. The number of methoxy groups -OCH3 is 1. The topological polar surface area (TPSA) is 65.1 Å². The summed E-state index contributed by atoms with van der Waals surface area (Å²) in [6, 6.07) is 18.9. The molecule has 0 aromatic heterocycles. The zero-order chi connectivity index (χ0) is 24.3. The maximum atomic E-state index is 13.2. The minimum absolute atomic E-state index is 0.0770. The maximum Gasteiger partial charge on any atom is 0.410 e. The quantitative estimate of drug-likeness (QED) is 0.414. The number of hydrogen-bond acceptors (Lipinski definition) is 5. The number of Topliss-reactive ketones (excluding diaryl/α,β-unsaturated/α-hetero) is 1. The van der Waals surface area contributed by atoms with Gasteiger partial charge in [0, 0.05) is 25.6 Å². The number of hydrogen-bond donors (Lipinski definition) is 0. The second-order valence-electron chi connectivity index (χ2n) is 9.03. The number of carbonyl (C=O) groups is 2. The smallest absolute Gasteiger partial charge is 0.410 e. The molecule has 33 heavy (non-hydrogen) atoms. The van der Waals surface area contributed by atoms with E-state index in [1.807, 2.05) is 76.2 Å². The Morgan fingerprint density at radius 1 is 0.970 bits per heavy atom. The highest BCUT2D eigenvalue weighted by Gasteiger charge is 2.27. The minimum atomic E-state index is -0.659. The van der Waals surface area contributed by atoms with Crippen molar-refractivity contribution in [1.29, 1.82) is 0 Å². The molecule has 6 nitrogen and oxygen atoms in total. The molecular weight excluding hydrogens is 418 g/mol. The first-order valence-electron chi connectivity index (χ1n) is 11.5. The number of benzene rings is 2. The van der Waals surface area contributed by atoms with E-state index in [1.54, 1.807) is 24.1 Å².